The second kappa shape index (κ2) is 6.36. The monoisotopic (exact) mass is 334 g/mol. The Labute approximate surface area is 148 Å². The first-order valence-electron chi connectivity index (χ1n) is 8.90. The zero-order valence-corrected chi connectivity index (χ0v) is 14.4. The molecule has 128 valence electrons. The maximum Gasteiger partial charge on any atom is 0.246 e. The lowest BCUT2D eigenvalue weighted by Gasteiger charge is -2.41. The zero-order chi connectivity index (χ0) is 17.4. The maximum absolute atomic E-state index is 12.8. The Balaban J connectivity index is 1.53. The highest BCUT2D eigenvalue weighted by Crippen LogP contribution is 2.28. The first kappa shape index (κ1) is 15.9. The SMILES string of the molecule is C[C@H]1C(=O)N2CCC[C@H]2C(=O)N1Cc1ccc(-c2ccccc2)cc1. The third-order valence-corrected chi connectivity index (χ3v) is 5.34. The van der Waals surface area contributed by atoms with Crippen LogP contribution in [0.25, 0.3) is 11.1 Å². The topological polar surface area (TPSA) is 40.6 Å². The van der Waals surface area contributed by atoms with Crippen LogP contribution in [-0.2, 0) is 16.1 Å². The molecular formula is C21H22N2O2. The van der Waals surface area contributed by atoms with Crippen LogP contribution < -0.4 is 0 Å². The van der Waals surface area contributed by atoms with Gasteiger partial charge in [-0.2, -0.15) is 0 Å². The Morgan fingerprint density at radius 3 is 2.32 bits per heavy atom. The molecule has 2 aliphatic heterocycles. The number of carbonyl (C=O) groups excluding carboxylic acids is 2. The predicted octanol–water partition coefficient (Wildman–Crippen LogP) is 3.08. The number of piperazine rings is 1. The molecule has 0 bridgehead atoms. The molecule has 4 heteroatoms. The number of fused-ring (bicyclic) bond motifs is 1. The molecule has 0 unspecified atom stereocenters. The van der Waals surface area contributed by atoms with Crippen molar-refractivity contribution in [2.45, 2.75) is 38.4 Å². The average Bonchev–Trinajstić information content (AvgIpc) is 3.15. The summed E-state index contributed by atoms with van der Waals surface area (Å²) in [6.45, 7) is 3.05. The summed E-state index contributed by atoms with van der Waals surface area (Å²) in [7, 11) is 0. The summed E-state index contributed by atoms with van der Waals surface area (Å²) in [6, 6.07) is 17.8. The van der Waals surface area contributed by atoms with Crippen molar-refractivity contribution in [3.8, 4) is 11.1 Å². The fraction of sp³-hybridized carbons (Fsp3) is 0.333. The Hall–Kier alpha value is -2.62. The maximum atomic E-state index is 12.8. The molecule has 2 amide bonds. The number of rotatable bonds is 3. The molecule has 0 N–H and O–H groups in total. The van der Waals surface area contributed by atoms with Gasteiger partial charge in [-0.25, -0.2) is 0 Å². The first-order chi connectivity index (χ1) is 12.1. The summed E-state index contributed by atoms with van der Waals surface area (Å²) in [5.74, 6) is 0.180. The van der Waals surface area contributed by atoms with E-state index in [-0.39, 0.29) is 23.9 Å². The van der Waals surface area contributed by atoms with E-state index in [1.165, 1.54) is 5.56 Å². The van der Waals surface area contributed by atoms with Gasteiger partial charge in [0.15, 0.2) is 0 Å². The van der Waals surface area contributed by atoms with Gasteiger partial charge in [-0.3, -0.25) is 9.59 Å². The molecule has 2 atom stereocenters. The second-order valence-electron chi connectivity index (χ2n) is 6.89. The Morgan fingerprint density at radius 1 is 0.920 bits per heavy atom. The van der Waals surface area contributed by atoms with Crippen LogP contribution in [-0.4, -0.2) is 40.2 Å². The predicted molar refractivity (Wildman–Crippen MR) is 96.6 cm³/mol. The van der Waals surface area contributed by atoms with Crippen LogP contribution in [0.4, 0.5) is 0 Å². The first-order valence-corrected chi connectivity index (χ1v) is 8.90. The van der Waals surface area contributed by atoms with Crippen molar-refractivity contribution >= 4 is 11.8 Å². The molecule has 0 saturated carbocycles. The molecule has 25 heavy (non-hydrogen) atoms. The lowest BCUT2D eigenvalue weighted by Crippen LogP contribution is -2.61. The molecule has 0 radical (unpaired) electrons. The summed E-state index contributed by atoms with van der Waals surface area (Å²) in [5, 5.41) is 0. The highest BCUT2D eigenvalue weighted by Gasteiger charge is 2.45. The van der Waals surface area contributed by atoms with Gasteiger partial charge in [-0.05, 0) is 36.5 Å². The summed E-state index contributed by atoms with van der Waals surface area (Å²) in [6.07, 6.45) is 1.72. The molecule has 2 aliphatic rings. The zero-order valence-electron chi connectivity index (χ0n) is 14.4. The van der Waals surface area contributed by atoms with E-state index >= 15 is 0 Å². The lowest BCUT2D eigenvalue weighted by molar-refractivity contribution is -0.159. The van der Waals surface area contributed by atoms with Gasteiger partial charge in [0.1, 0.15) is 12.1 Å². The van der Waals surface area contributed by atoms with Crippen LogP contribution >= 0.6 is 0 Å². The van der Waals surface area contributed by atoms with Crippen LogP contribution in [0.15, 0.2) is 54.6 Å². The third kappa shape index (κ3) is 2.82. The minimum absolute atomic E-state index is 0.0861. The quantitative estimate of drug-likeness (QED) is 0.865. The number of hydrogen-bond acceptors (Lipinski definition) is 2. The summed E-state index contributed by atoms with van der Waals surface area (Å²) < 4.78 is 0. The molecule has 2 aromatic carbocycles. The molecule has 2 saturated heterocycles. The number of hydrogen-bond donors (Lipinski definition) is 0. The Kier molecular flexibility index (Phi) is 4.04. The highest BCUT2D eigenvalue weighted by molar-refractivity contribution is 5.97. The van der Waals surface area contributed by atoms with Crippen LogP contribution in [0.2, 0.25) is 0 Å². The van der Waals surface area contributed by atoms with E-state index in [4.69, 9.17) is 0 Å². The van der Waals surface area contributed by atoms with Crippen molar-refractivity contribution in [1.82, 2.24) is 9.80 Å². The molecule has 2 aromatic rings. The van der Waals surface area contributed by atoms with E-state index in [9.17, 15) is 9.59 Å². The molecule has 4 rings (SSSR count). The van der Waals surface area contributed by atoms with E-state index < -0.39 is 0 Å². The van der Waals surface area contributed by atoms with Crippen LogP contribution in [0.1, 0.15) is 25.3 Å². The average molecular weight is 334 g/mol. The number of nitrogens with zero attached hydrogens (tertiary/aromatic N) is 2. The fourth-order valence-corrected chi connectivity index (χ4v) is 3.89. The Morgan fingerprint density at radius 2 is 1.60 bits per heavy atom. The van der Waals surface area contributed by atoms with Crippen molar-refractivity contribution < 1.29 is 9.59 Å². The van der Waals surface area contributed by atoms with E-state index in [2.05, 4.69) is 24.3 Å². The number of amides is 2. The molecule has 2 heterocycles. The normalized spacial score (nSPS) is 23.1. The number of benzene rings is 2. The van der Waals surface area contributed by atoms with Crippen molar-refractivity contribution in [2.24, 2.45) is 0 Å². The molecule has 0 aliphatic carbocycles. The molecule has 0 spiro atoms. The molecule has 0 aromatic heterocycles. The third-order valence-electron chi connectivity index (χ3n) is 5.34. The minimum atomic E-state index is -0.379. The van der Waals surface area contributed by atoms with E-state index in [1.807, 2.05) is 37.3 Å². The molecule has 2 fully saturated rings. The van der Waals surface area contributed by atoms with Gasteiger partial charge in [0.25, 0.3) is 0 Å². The minimum Gasteiger partial charge on any atom is -0.329 e. The van der Waals surface area contributed by atoms with Crippen LogP contribution in [0.5, 0.6) is 0 Å². The smallest absolute Gasteiger partial charge is 0.246 e. The summed E-state index contributed by atoms with van der Waals surface area (Å²) in [4.78, 5) is 28.8. The molecular weight excluding hydrogens is 312 g/mol. The second-order valence-corrected chi connectivity index (χ2v) is 6.89. The van der Waals surface area contributed by atoms with Gasteiger partial charge in [0.2, 0.25) is 11.8 Å². The van der Waals surface area contributed by atoms with Gasteiger partial charge >= 0.3 is 0 Å². The Bertz CT molecular complexity index is 785. The highest BCUT2D eigenvalue weighted by atomic mass is 16.2. The van der Waals surface area contributed by atoms with Crippen LogP contribution in [0.3, 0.4) is 0 Å². The summed E-state index contributed by atoms with van der Waals surface area (Å²) >= 11 is 0. The summed E-state index contributed by atoms with van der Waals surface area (Å²) in [5.41, 5.74) is 3.38. The van der Waals surface area contributed by atoms with Crippen molar-refractivity contribution in [3.05, 3.63) is 60.2 Å². The van der Waals surface area contributed by atoms with Gasteiger partial charge in [-0.1, -0.05) is 54.6 Å². The van der Waals surface area contributed by atoms with Gasteiger partial charge in [-0.15, -0.1) is 0 Å². The number of carbonyl (C=O) groups is 2. The van der Waals surface area contributed by atoms with Gasteiger partial charge in [0, 0.05) is 13.1 Å². The molecule has 4 nitrogen and oxygen atoms in total. The standard InChI is InChI=1S/C21H22N2O2/c1-15-20(24)22-13-5-8-19(22)21(25)23(15)14-16-9-11-18(12-10-16)17-6-3-2-4-7-17/h2-4,6-7,9-12,15,19H,5,8,13-14H2,1H3/t15-,19-/m0/s1. The van der Waals surface area contributed by atoms with Crippen LogP contribution in [0, 0.1) is 0 Å². The van der Waals surface area contributed by atoms with Crippen molar-refractivity contribution in [2.75, 3.05) is 6.54 Å². The lowest BCUT2D eigenvalue weighted by atomic mass is 10.0. The van der Waals surface area contributed by atoms with E-state index in [0.717, 1.165) is 30.5 Å². The fourth-order valence-electron chi connectivity index (χ4n) is 3.89. The van der Waals surface area contributed by atoms with Crippen molar-refractivity contribution in [1.29, 1.82) is 0 Å². The van der Waals surface area contributed by atoms with Crippen molar-refractivity contribution in [3.63, 3.8) is 0 Å². The van der Waals surface area contributed by atoms with Gasteiger partial charge < -0.3 is 9.80 Å². The van der Waals surface area contributed by atoms with E-state index in [0.29, 0.717) is 6.54 Å². The van der Waals surface area contributed by atoms with Gasteiger partial charge in [0.05, 0.1) is 0 Å². The van der Waals surface area contributed by atoms with E-state index in [1.54, 1.807) is 9.80 Å². The largest absolute Gasteiger partial charge is 0.329 e.